The second-order valence-corrected chi connectivity index (χ2v) is 5.79. The van der Waals surface area contributed by atoms with E-state index in [0.717, 1.165) is 11.1 Å². The van der Waals surface area contributed by atoms with Gasteiger partial charge in [0.1, 0.15) is 11.6 Å². The second kappa shape index (κ2) is 7.27. The van der Waals surface area contributed by atoms with Crippen LogP contribution in [0.4, 0.5) is 4.39 Å². The molecule has 2 atom stereocenters. The first-order valence-electron chi connectivity index (χ1n) is 7.66. The van der Waals surface area contributed by atoms with Gasteiger partial charge in [-0.15, -0.1) is 0 Å². The molecule has 2 aromatic carbocycles. The number of amides is 1. The van der Waals surface area contributed by atoms with Crippen LogP contribution in [0.5, 0.6) is 5.75 Å². The Hall–Kier alpha value is -2.36. The maximum Gasteiger partial charge on any atom is 0.261 e. The van der Waals surface area contributed by atoms with Crippen molar-refractivity contribution in [3.05, 3.63) is 65.0 Å². The Balaban J connectivity index is 1.96. The fraction of sp³-hybridized carbons (Fsp3) is 0.316. The predicted octanol–water partition coefficient (Wildman–Crippen LogP) is 4.09. The summed E-state index contributed by atoms with van der Waals surface area (Å²) in [6.07, 6.45) is -0.611. The molecule has 2 aromatic rings. The zero-order chi connectivity index (χ0) is 17.0. The summed E-state index contributed by atoms with van der Waals surface area (Å²) < 4.78 is 18.6. The van der Waals surface area contributed by atoms with Crippen molar-refractivity contribution in [3.63, 3.8) is 0 Å². The second-order valence-electron chi connectivity index (χ2n) is 5.79. The van der Waals surface area contributed by atoms with E-state index in [2.05, 4.69) is 5.32 Å². The van der Waals surface area contributed by atoms with Gasteiger partial charge in [0.05, 0.1) is 6.04 Å². The largest absolute Gasteiger partial charge is 0.481 e. The lowest BCUT2D eigenvalue weighted by molar-refractivity contribution is -0.127. The van der Waals surface area contributed by atoms with Crippen molar-refractivity contribution in [2.24, 2.45) is 0 Å². The maximum atomic E-state index is 12.9. The summed E-state index contributed by atoms with van der Waals surface area (Å²) in [4.78, 5) is 12.2. The van der Waals surface area contributed by atoms with Gasteiger partial charge in [0.15, 0.2) is 6.10 Å². The Morgan fingerprint density at radius 2 is 1.70 bits per heavy atom. The number of carbonyl (C=O) groups is 1. The summed E-state index contributed by atoms with van der Waals surface area (Å²) in [6.45, 7) is 7.60. The first-order valence-corrected chi connectivity index (χ1v) is 7.66. The summed E-state index contributed by atoms with van der Waals surface area (Å²) in [6, 6.07) is 11.6. The van der Waals surface area contributed by atoms with Crippen LogP contribution in [0.3, 0.4) is 0 Å². The molecule has 0 aliphatic rings. The SMILES string of the molecule is Cc1ccc(OC(C)C(=O)NC(C)c2ccc(F)cc2)cc1C. The molecule has 0 fully saturated rings. The minimum Gasteiger partial charge on any atom is -0.481 e. The van der Waals surface area contributed by atoms with Crippen LogP contribution in [0.25, 0.3) is 0 Å². The molecule has 2 rings (SSSR count). The average molecular weight is 315 g/mol. The van der Waals surface area contributed by atoms with E-state index >= 15 is 0 Å². The summed E-state index contributed by atoms with van der Waals surface area (Å²) >= 11 is 0. The van der Waals surface area contributed by atoms with Crippen molar-refractivity contribution in [1.82, 2.24) is 5.32 Å². The van der Waals surface area contributed by atoms with Gasteiger partial charge >= 0.3 is 0 Å². The summed E-state index contributed by atoms with van der Waals surface area (Å²) in [5.74, 6) is 0.170. The molecule has 122 valence electrons. The van der Waals surface area contributed by atoms with Crippen LogP contribution in [-0.2, 0) is 4.79 Å². The number of rotatable bonds is 5. The van der Waals surface area contributed by atoms with Gasteiger partial charge in [-0.05, 0) is 68.7 Å². The Bertz CT molecular complexity index is 682. The molecule has 0 spiro atoms. The molecule has 0 aliphatic heterocycles. The van der Waals surface area contributed by atoms with Crippen LogP contribution in [-0.4, -0.2) is 12.0 Å². The third-order valence-electron chi connectivity index (χ3n) is 3.89. The minimum absolute atomic E-state index is 0.208. The van der Waals surface area contributed by atoms with Gasteiger partial charge in [0.25, 0.3) is 5.91 Å². The van der Waals surface area contributed by atoms with E-state index < -0.39 is 6.10 Å². The quantitative estimate of drug-likeness (QED) is 0.902. The van der Waals surface area contributed by atoms with E-state index in [0.29, 0.717) is 5.75 Å². The van der Waals surface area contributed by atoms with E-state index in [4.69, 9.17) is 4.74 Å². The Kier molecular flexibility index (Phi) is 5.37. The van der Waals surface area contributed by atoms with Gasteiger partial charge in [-0.2, -0.15) is 0 Å². The molecule has 4 heteroatoms. The van der Waals surface area contributed by atoms with Crippen LogP contribution in [0.15, 0.2) is 42.5 Å². The van der Waals surface area contributed by atoms with Crippen molar-refractivity contribution in [2.45, 2.75) is 39.8 Å². The van der Waals surface area contributed by atoms with Gasteiger partial charge in [0, 0.05) is 0 Å². The summed E-state index contributed by atoms with van der Waals surface area (Å²) in [7, 11) is 0. The van der Waals surface area contributed by atoms with Crippen molar-refractivity contribution in [3.8, 4) is 5.75 Å². The standard InChI is InChI=1S/C19H22FNO2/c1-12-5-10-18(11-13(12)2)23-15(4)19(22)21-14(3)16-6-8-17(20)9-7-16/h5-11,14-15H,1-4H3,(H,21,22). The van der Waals surface area contributed by atoms with Crippen LogP contribution in [0, 0.1) is 19.7 Å². The molecule has 0 heterocycles. The molecule has 0 aliphatic carbocycles. The van der Waals surface area contributed by atoms with Crippen molar-refractivity contribution >= 4 is 5.91 Å². The first-order chi connectivity index (χ1) is 10.9. The minimum atomic E-state index is -0.611. The molecule has 0 bridgehead atoms. The molecule has 3 nitrogen and oxygen atoms in total. The molecule has 1 amide bonds. The van der Waals surface area contributed by atoms with E-state index in [-0.39, 0.29) is 17.8 Å². The fourth-order valence-corrected chi connectivity index (χ4v) is 2.21. The van der Waals surface area contributed by atoms with Crippen molar-refractivity contribution in [1.29, 1.82) is 0 Å². The molecule has 0 saturated heterocycles. The number of ether oxygens (including phenoxy) is 1. The molecule has 0 radical (unpaired) electrons. The zero-order valence-electron chi connectivity index (χ0n) is 13.9. The van der Waals surface area contributed by atoms with E-state index in [1.165, 1.54) is 17.7 Å². The number of carbonyl (C=O) groups excluding carboxylic acids is 1. The van der Waals surface area contributed by atoms with Crippen molar-refractivity contribution in [2.75, 3.05) is 0 Å². The van der Waals surface area contributed by atoms with Crippen LogP contribution in [0.2, 0.25) is 0 Å². The zero-order valence-corrected chi connectivity index (χ0v) is 13.9. The van der Waals surface area contributed by atoms with Crippen LogP contribution in [0.1, 0.15) is 36.6 Å². The van der Waals surface area contributed by atoms with Crippen LogP contribution < -0.4 is 10.1 Å². The lowest BCUT2D eigenvalue weighted by atomic mass is 10.1. The molecule has 1 N–H and O–H groups in total. The van der Waals surface area contributed by atoms with Gasteiger partial charge in [0.2, 0.25) is 0 Å². The Morgan fingerprint density at radius 3 is 2.30 bits per heavy atom. The van der Waals surface area contributed by atoms with Crippen LogP contribution >= 0.6 is 0 Å². The predicted molar refractivity (Wildman–Crippen MR) is 89.0 cm³/mol. The molecule has 0 saturated carbocycles. The van der Waals surface area contributed by atoms with Gasteiger partial charge in [-0.3, -0.25) is 4.79 Å². The summed E-state index contributed by atoms with van der Waals surface area (Å²) in [5.41, 5.74) is 3.15. The molecular weight excluding hydrogens is 293 g/mol. The average Bonchev–Trinajstić information content (AvgIpc) is 2.51. The third-order valence-corrected chi connectivity index (χ3v) is 3.89. The number of benzene rings is 2. The highest BCUT2D eigenvalue weighted by Gasteiger charge is 2.18. The highest BCUT2D eigenvalue weighted by Crippen LogP contribution is 2.18. The number of halogens is 1. The number of hydrogen-bond donors (Lipinski definition) is 1. The van der Waals surface area contributed by atoms with Gasteiger partial charge in [-0.1, -0.05) is 18.2 Å². The monoisotopic (exact) mass is 315 g/mol. The molecule has 2 unspecified atom stereocenters. The number of nitrogens with one attached hydrogen (secondary N) is 1. The molecule has 0 aromatic heterocycles. The molecular formula is C19H22FNO2. The topological polar surface area (TPSA) is 38.3 Å². The smallest absolute Gasteiger partial charge is 0.261 e. The normalized spacial score (nSPS) is 13.3. The maximum absolute atomic E-state index is 12.9. The Labute approximate surface area is 136 Å². The summed E-state index contributed by atoms with van der Waals surface area (Å²) in [5, 5.41) is 2.88. The van der Waals surface area contributed by atoms with Gasteiger partial charge < -0.3 is 10.1 Å². The van der Waals surface area contributed by atoms with Gasteiger partial charge in [-0.25, -0.2) is 4.39 Å². The molecule has 23 heavy (non-hydrogen) atoms. The highest BCUT2D eigenvalue weighted by molar-refractivity contribution is 5.81. The first kappa shape index (κ1) is 17.0. The van der Waals surface area contributed by atoms with E-state index in [1.807, 2.05) is 39.0 Å². The number of aryl methyl sites for hydroxylation is 2. The highest BCUT2D eigenvalue weighted by atomic mass is 19.1. The number of hydrogen-bond acceptors (Lipinski definition) is 2. The third kappa shape index (κ3) is 4.55. The lowest BCUT2D eigenvalue weighted by Gasteiger charge is -2.19. The van der Waals surface area contributed by atoms with Crippen molar-refractivity contribution < 1.29 is 13.9 Å². The Morgan fingerprint density at radius 1 is 1.04 bits per heavy atom. The van der Waals surface area contributed by atoms with E-state index in [9.17, 15) is 9.18 Å². The fourth-order valence-electron chi connectivity index (χ4n) is 2.21. The van der Waals surface area contributed by atoms with E-state index in [1.54, 1.807) is 19.1 Å². The lowest BCUT2D eigenvalue weighted by Crippen LogP contribution is -2.37.